The molecule has 0 heterocycles. The van der Waals surface area contributed by atoms with Crippen LogP contribution in [0.3, 0.4) is 0 Å². The van der Waals surface area contributed by atoms with Gasteiger partial charge in [-0.25, -0.2) is 0 Å². The van der Waals surface area contributed by atoms with Gasteiger partial charge in [0.15, 0.2) is 0 Å². The zero-order chi connectivity index (χ0) is 52.3. The molecule has 392 valence electrons. The predicted molar refractivity (Wildman–Crippen MR) is 292 cm³/mol. The van der Waals surface area contributed by atoms with E-state index in [1.807, 2.05) is 0 Å². The Labute approximate surface area is 427 Å². The minimum Gasteiger partial charge on any atom is -0.458 e. The molecule has 6 heteroatoms. The Morgan fingerprint density at radius 1 is 0.371 bits per heavy atom. The molecule has 0 saturated heterocycles. The third kappa shape index (κ3) is 14.1. The molecule has 0 aromatic heterocycles. The molecule has 8 aliphatic rings. The van der Waals surface area contributed by atoms with E-state index in [1.165, 1.54) is 74.7 Å². The van der Waals surface area contributed by atoms with Crippen molar-refractivity contribution in [1.29, 1.82) is 0 Å². The molecule has 8 saturated carbocycles. The molecule has 0 radical (unpaired) electrons. The molecule has 12 atom stereocenters. The number of rotatable bonds is 2. The molecular formula is C64H100O6. The Kier molecular flexibility index (Phi) is 19.2. The van der Waals surface area contributed by atoms with Gasteiger partial charge in [-0.2, -0.15) is 0 Å². The molecule has 70 heavy (non-hydrogen) atoms. The highest BCUT2D eigenvalue weighted by atomic mass is 16.5. The SMILES string of the molecule is C=C1CC[C@@H](OC(C)=O)C(=C)CC[C@@H]2[C@@H]1CC2(C)C.C=C1CC[C@@H]2[C@H](CC2(C)C)C(=C)CC[C@@H]1OC(C)=O.C=C1CC[C@@H]2[C@H](CC2(C)C)C(=C)CC[C@H]1O.C=C1CC[C@H](O)C(=C)CC[C@@H]2[C@@H]1CC2(C)C. The highest BCUT2D eigenvalue weighted by Crippen LogP contribution is 2.60. The lowest BCUT2D eigenvalue weighted by atomic mass is 9.52. The predicted octanol–water partition coefficient (Wildman–Crippen LogP) is 15.9. The van der Waals surface area contributed by atoms with Crippen molar-refractivity contribution < 1.29 is 29.3 Å². The fraction of sp³-hybridized carbons (Fsp3) is 0.719. The Morgan fingerprint density at radius 2 is 0.586 bits per heavy atom. The number of ether oxygens (including phenoxy) is 2. The maximum Gasteiger partial charge on any atom is 0.303 e. The summed E-state index contributed by atoms with van der Waals surface area (Å²) < 4.78 is 10.8. The molecule has 0 unspecified atom stereocenters. The first-order valence-corrected chi connectivity index (χ1v) is 27.6. The van der Waals surface area contributed by atoms with Gasteiger partial charge in [0.2, 0.25) is 0 Å². The number of hydrogen-bond acceptors (Lipinski definition) is 6. The number of aliphatic hydroxyl groups is 2. The Bertz CT molecular complexity index is 1860. The van der Waals surface area contributed by atoms with Crippen LogP contribution in [0.4, 0.5) is 0 Å². The molecule has 0 aliphatic heterocycles. The van der Waals surface area contributed by atoms with E-state index in [9.17, 15) is 19.8 Å². The Balaban J connectivity index is 0.000000174. The van der Waals surface area contributed by atoms with Crippen LogP contribution in [0, 0.1) is 69.0 Å². The van der Waals surface area contributed by atoms with Gasteiger partial charge >= 0.3 is 11.9 Å². The van der Waals surface area contributed by atoms with Crippen molar-refractivity contribution in [2.75, 3.05) is 0 Å². The summed E-state index contributed by atoms with van der Waals surface area (Å²) in [5.41, 5.74) is 11.4. The van der Waals surface area contributed by atoms with E-state index in [0.717, 1.165) is 124 Å². The lowest BCUT2D eigenvalue weighted by Gasteiger charge is -2.53. The Morgan fingerprint density at radius 3 is 0.814 bits per heavy atom. The van der Waals surface area contributed by atoms with Crippen molar-refractivity contribution in [2.24, 2.45) is 69.0 Å². The molecule has 8 aliphatic carbocycles. The standard InChI is InChI=1S/2C17H26O2.2C15H24O/c2*1-11-7-9-16(19-13(3)18)12(2)6-8-15-14(11)10-17(15,4)5;2*1-10-6-8-14(16)11(2)5-7-13-12(10)9-15(13,3)4/h2*14-16H,1-2,6-10H2,3-5H3;2*12-14,16H,1-2,5-9H2,3-4H3/t14-,15-,16+;14-,15-,16-;12-,13-,14+;12-,13-,14-/m1111/s1. The largest absolute Gasteiger partial charge is 0.458 e. The second-order valence-electron chi connectivity index (χ2n) is 26.4. The van der Waals surface area contributed by atoms with Crippen molar-refractivity contribution in [1.82, 2.24) is 0 Å². The van der Waals surface area contributed by atoms with Gasteiger partial charge in [0.1, 0.15) is 12.2 Å². The van der Waals surface area contributed by atoms with E-state index in [1.54, 1.807) is 0 Å². The third-order valence-electron chi connectivity index (χ3n) is 19.5. The second-order valence-corrected chi connectivity index (χ2v) is 26.4. The summed E-state index contributed by atoms with van der Waals surface area (Å²) in [7, 11) is 0. The van der Waals surface area contributed by atoms with Crippen LogP contribution in [0.2, 0.25) is 0 Å². The highest BCUT2D eigenvalue weighted by Gasteiger charge is 2.51. The molecule has 8 rings (SSSR count). The van der Waals surface area contributed by atoms with Gasteiger partial charge in [0.05, 0.1) is 12.2 Å². The van der Waals surface area contributed by atoms with Gasteiger partial charge in [0, 0.05) is 13.8 Å². The average Bonchev–Trinajstić information content (AvgIpc) is 3.38. The van der Waals surface area contributed by atoms with Crippen LogP contribution < -0.4 is 0 Å². The molecule has 6 nitrogen and oxygen atoms in total. The molecule has 2 N–H and O–H groups in total. The fourth-order valence-electron chi connectivity index (χ4n) is 14.6. The summed E-state index contributed by atoms with van der Waals surface area (Å²) >= 11 is 0. The van der Waals surface area contributed by atoms with Crippen LogP contribution in [-0.4, -0.2) is 46.6 Å². The zero-order valence-corrected chi connectivity index (χ0v) is 46.3. The van der Waals surface area contributed by atoms with Gasteiger partial charge in [-0.1, -0.05) is 130 Å². The van der Waals surface area contributed by atoms with Crippen LogP contribution in [0.5, 0.6) is 0 Å². The van der Waals surface area contributed by atoms with Crippen LogP contribution in [0.15, 0.2) is 97.2 Å². The van der Waals surface area contributed by atoms with E-state index in [2.05, 4.69) is 108 Å². The van der Waals surface area contributed by atoms with Gasteiger partial charge < -0.3 is 19.7 Å². The summed E-state index contributed by atoms with van der Waals surface area (Å²) in [6, 6.07) is 0. The fourth-order valence-corrected chi connectivity index (χ4v) is 14.6. The van der Waals surface area contributed by atoms with Crippen LogP contribution >= 0.6 is 0 Å². The average molecular weight is 965 g/mol. The number of fused-ring (bicyclic) bond motifs is 4. The number of allylic oxidation sites excluding steroid dienone is 4. The van der Waals surface area contributed by atoms with Crippen molar-refractivity contribution in [3.8, 4) is 0 Å². The van der Waals surface area contributed by atoms with Gasteiger partial charge in [0.25, 0.3) is 0 Å². The zero-order valence-electron chi connectivity index (χ0n) is 46.3. The minimum atomic E-state index is -0.308. The number of esters is 2. The minimum absolute atomic E-state index is 0.116. The Hall–Kier alpha value is -3.22. The summed E-state index contributed by atoms with van der Waals surface area (Å²) in [5.74, 6) is 5.25. The summed E-state index contributed by atoms with van der Waals surface area (Å²) in [6.45, 7) is 55.1. The molecule has 0 aromatic carbocycles. The molecular weight excluding hydrogens is 865 g/mol. The highest BCUT2D eigenvalue weighted by molar-refractivity contribution is 5.66. The maximum absolute atomic E-state index is 11.2. The van der Waals surface area contributed by atoms with Gasteiger partial charge in [-0.05, 0) is 220 Å². The second kappa shape index (κ2) is 23.3. The molecule has 0 amide bonds. The van der Waals surface area contributed by atoms with E-state index < -0.39 is 0 Å². The van der Waals surface area contributed by atoms with E-state index in [-0.39, 0.29) is 36.4 Å². The molecule has 8 fully saturated rings. The van der Waals surface area contributed by atoms with Crippen LogP contribution in [0.25, 0.3) is 0 Å². The first-order chi connectivity index (χ1) is 32.4. The maximum atomic E-state index is 11.2. The number of hydrogen-bond donors (Lipinski definition) is 2. The van der Waals surface area contributed by atoms with Gasteiger partial charge in [-0.3, -0.25) is 9.59 Å². The lowest BCUT2D eigenvalue weighted by molar-refractivity contribution is -0.145. The summed E-state index contributed by atoms with van der Waals surface area (Å²) in [6.07, 6.45) is 19.9. The van der Waals surface area contributed by atoms with Crippen LogP contribution in [-0.2, 0) is 19.1 Å². The summed E-state index contributed by atoms with van der Waals surface area (Å²) in [5, 5.41) is 19.8. The van der Waals surface area contributed by atoms with Crippen molar-refractivity contribution in [3.63, 3.8) is 0 Å². The lowest BCUT2D eigenvalue weighted by Crippen LogP contribution is -2.44. The first kappa shape index (κ1) is 57.7. The first-order valence-electron chi connectivity index (χ1n) is 27.6. The molecule has 0 bridgehead atoms. The van der Waals surface area contributed by atoms with Crippen LogP contribution in [0.1, 0.15) is 198 Å². The number of carbonyl (C=O) groups is 2. The van der Waals surface area contributed by atoms with Crippen molar-refractivity contribution in [3.05, 3.63) is 97.2 Å². The van der Waals surface area contributed by atoms with E-state index in [0.29, 0.717) is 57.2 Å². The molecule has 0 spiro atoms. The normalized spacial score (nSPS) is 36.5. The smallest absolute Gasteiger partial charge is 0.303 e. The van der Waals surface area contributed by atoms with Crippen molar-refractivity contribution >= 4 is 11.9 Å². The third-order valence-corrected chi connectivity index (χ3v) is 19.5. The summed E-state index contributed by atoms with van der Waals surface area (Å²) in [4.78, 5) is 22.4. The van der Waals surface area contributed by atoms with E-state index in [4.69, 9.17) is 9.47 Å². The van der Waals surface area contributed by atoms with E-state index >= 15 is 0 Å². The molecule has 0 aromatic rings. The van der Waals surface area contributed by atoms with Crippen molar-refractivity contribution in [2.45, 2.75) is 222 Å². The van der Waals surface area contributed by atoms with Gasteiger partial charge in [-0.15, -0.1) is 0 Å². The monoisotopic (exact) mass is 965 g/mol. The number of aliphatic hydroxyl groups excluding tert-OH is 2. The number of carbonyl (C=O) groups excluding carboxylic acids is 2. The topological polar surface area (TPSA) is 93.1 Å². The quantitative estimate of drug-likeness (QED) is 0.212.